The molecule has 3 heterocycles. The van der Waals surface area contributed by atoms with Crippen LogP contribution in [0.5, 0.6) is 5.75 Å². The minimum atomic E-state index is -0.243. The molecule has 4 rings (SSSR count). The lowest BCUT2D eigenvalue weighted by atomic mass is 10.0. The molecule has 0 saturated carbocycles. The van der Waals surface area contributed by atoms with Crippen molar-refractivity contribution >= 4 is 22.6 Å². The van der Waals surface area contributed by atoms with Gasteiger partial charge < -0.3 is 19.9 Å². The van der Waals surface area contributed by atoms with E-state index in [2.05, 4.69) is 32.1 Å². The van der Waals surface area contributed by atoms with Gasteiger partial charge in [0, 0.05) is 50.5 Å². The Labute approximate surface area is 225 Å². The van der Waals surface area contributed by atoms with Gasteiger partial charge in [0.25, 0.3) is 0 Å². The molecule has 1 aliphatic heterocycles. The molecule has 0 radical (unpaired) electrons. The highest BCUT2D eigenvalue weighted by molar-refractivity contribution is 5.87. The van der Waals surface area contributed by atoms with Crippen LogP contribution in [0.15, 0.2) is 36.5 Å². The van der Waals surface area contributed by atoms with E-state index in [1.165, 1.54) is 0 Å². The molecule has 1 aliphatic rings. The predicted molar refractivity (Wildman–Crippen MR) is 149 cm³/mol. The normalized spacial score (nSPS) is 15.4. The largest absolute Gasteiger partial charge is 0.496 e. The van der Waals surface area contributed by atoms with Crippen LogP contribution < -0.4 is 10.1 Å². The quantitative estimate of drug-likeness (QED) is 0.329. The fourth-order valence-corrected chi connectivity index (χ4v) is 4.84. The van der Waals surface area contributed by atoms with Crippen molar-refractivity contribution in [2.24, 2.45) is 0 Å². The van der Waals surface area contributed by atoms with Crippen molar-refractivity contribution in [3.05, 3.63) is 42.4 Å². The minimum Gasteiger partial charge on any atom is -0.496 e. The van der Waals surface area contributed by atoms with Crippen LogP contribution in [-0.2, 0) is 9.59 Å². The van der Waals surface area contributed by atoms with Gasteiger partial charge in [0.05, 0.1) is 42.8 Å². The number of imidazole rings is 1. The summed E-state index contributed by atoms with van der Waals surface area (Å²) in [5.41, 5.74) is 2.35. The second-order valence-corrected chi connectivity index (χ2v) is 10.1. The van der Waals surface area contributed by atoms with Gasteiger partial charge in [-0.05, 0) is 32.0 Å². The van der Waals surface area contributed by atoms with Gasteiger partial charge in [0.15, 0.2) is 0 Å². The van der Waals surface area contributed by atoms with E-state index in [0.29, 0.717) is 31.0 Å². The third-order valence-electron chi connectivity index (χ3n) is 7.24. The van der Waals surface area contributed by atoms with Crippen molar-refractivity contribution in [2.75, 3.05) is 46.9 Å². The fraction of sp³-hybridized carbons (Fsp3) is 0.517. The highest BCUT2D eigenvalue weighted by Gasteiger charge is 2.22. The van der Waals surface area contributed by atoms with Crippen molar-refractivity contribution in [3.8, 4) is 17.1 Å². The number of ketones is 1. The van der Waals surface area contributed by atoms with Crippen LogP contribution in [0.2, 0.25) is 0 Å². The number of aromatic nitrogens is 3. The number of hydrogen-bond donors (Lipinski definition) is 2. The van der Waals surface area contributed by atoms with Crippen LogP contribution in [0.25, 0.3) is 22.3 Å². The molecule has 0 aliphatic carbocycles. The number of H-pyrrole nitrogens is 1. The fourth-order valence-electron chi connectivity index (χ4n) is 4.84. The van der Waals surface area contributed by atoms with Gasteiger partial charge in [-0.25, -0.2) is 9.97 Å². The van der Waals surface area contributed by atoms with Crippen molar-refractivity contribution in [2.45, 2.75) is 51.5 Å². The van der Waals surface area contributed by atoms with Gasteiger partial charge in [0.1, 0.15) is 17.4 Å². The number of rotatable bonds is 13. The summed E-state index contributed by atoms with van der Waals surface area (Å²) in [5.74, 6) is 1.77. The summed E-state index contributed by atoms with van der Waals surface area (Å²) in [7, 11) is 3.76. The van der Waals surface area contributed by atoms with E-state index in [1.54, 1.807) is 13.3 Å². The Kier molecular flexibility index (Phi) is 9.84. The van der Waals surface area contributed by atoms with Crippen molar-refractivity contribution in [1.82, 2.24) is 30.1 Å². The Balaban J connectivity index is 1.47. The Morgan fingerprint density at radius 2 is 1.92 bits per heavy atom. The number of hydrogen-bond acceptors (Lipinski definition) is 7. The van der Waals surface area contributed by atoms with Crippen LogP contribution in [0, 0.1) is 0 Å². The number of carbonyl (C=O) groups is 2. The smallest absolute Gasteiger partial charge is 0.234 e. The zero-order valence-corrected chi connectivity index (χ0v) is 22.8. The van der Waals surface area contributed by atoms with E-state index >= 15 is 0 Å². The number of amides is 1. The molecule has 0 unspecified atom stereocenters. The van der Waals surface area contributed by atoms with E-state index in [-0.39, 0.29) is 11.9 Å². The molecule has 38 heavy (non-hydrogen) atoms. The molecule has 2 aromatic heterocycles. The number of pyridine rings is 1. The number of methoxy groups -OCH3 is 1. The summed E-state index contributed by atoms with van der Waals surface area (Å²) in [4.78, 5) is 42.0. The molecule has 1 saturated heterocycles. The third kappa shape index (κ3) is 7.39. The first-order valence-electron chi connectivity index (χ1n) is 13.7. The van der Waals surface area contributed by atoms with Crippen molar-refractivity contribution in [1.29, 1.82) is 0 Å². The van der Waals surface area contributed by atoms with E-state index in [0.717, 1.165) is 79.9 Å². The average Bonchev–Trinajstić information content (AvgIpc) is 3.43. The molecule has 1 fully saturated rings. The topological polar surface area (TPSA) is 103 Å². The number of para-hydroxylation sites is 1. The lowest BCUT2D eigenvalue weighted by Crippen LogP contribution is -2.48. The second kappa shape index (κ2) is 13.5. The molecule has 1 atom stereocenters. The molecular formula is C29H40N6O3. The first-order valence-corrected chi connectivity index (χ1v) is 13.7. The number of Topliss-reactive ketones (excluding diaryl/α,β-unsaturated/α-hetero) is 1. The average molecular weight is 521 g/mol. The van der Waals surface area contributed by atoms with E-state index < -0.39 is 0 Å². The number of benzene rings is 1. The van der Waals surface area contributed by atoms with Crippen LogP contribution in [-0.4, -0.2) is 83.3 Å². The number of likely N-dealkylation sites (N-methyl/N-ethyl adjacent to an activating group) is 1. The zero-order valence-electron chi connectivity index (χ0n) is 22.8. The number of nitrogens with one attached hydrogen (secondary N) is 2. The molecule has 1 aromatic carbocycles. The van der Waals surface area contributed by atoms with Crippen LogP contribution >= 0.6 is 0 Å². The Morgan fingerprint density at radius 1 is 1.13 bits per heavy atom. The van der Waals surface area contributed by atoms with E-state index in [1.807, 2.05) is 37.3 Å². The molecule has 0 spiro atoms. The second-order valence-electron chi connectivity index (χ2n) is 10.1. The van der Waals surface area contributed by atoms with Gasteiger partial charge >= 0.3 is 0 Å². The Morgan fingerprint density at radius 3 is 2.68 bits per heavy atom. The molecule has 0 bridgehead atoms. The monoisotopic (exact) mass is 520 g/mol. The zero-order chi connectivity index (χ0) is 26.9. The number of ether oxygens (including phenoxy) is 1. The summed E-state index contributed by atoms with van der Waals surface area (Å²) in [6, 6.07) is 9.54. The molecule has 204 valence electrons. The first kappa shape index (κ1) is 27.7. The Bertz CT molecular complexity index is 1220. The van der Waals surface area contributed by atoms with Gasteiger partial charge in [-0.15, -0.1) is 0 Å². The lowest BCUT2D eigenvalue weighted by Gasteiger charge is -2.32. The number of nitrogens with zero attached hydrogens (tertiary/aromatic N) is 4. The summed E-state index contributed by atoms with van der Waals surface area (Å²) in [5, 5.41) is 4.17. The molecule has 1 amide bonds. The summed E-state index contributed by atoms with van der Waals surface area (Å²) in [6.45, 7) is 6.00. The highest BCUT2D eigenvalue weighted by atomic mass is 16.5. The SMILES string of the molecule is CCC(=O)CCCCC[C@H](NC(=O)CN1CCN(C)CC1)c1ncc(-c2cc(OC)c3ccccc3n2)[nH]1. The van der Waals surface area contributed by atoms with Crippen molar-refractivity contribution in [3.63, 3.8) is 0 Å². The van der Waals surface area contributed by atoms with Crippen LogP contribution in [0.1, 0.15) is 57.3 Å². The number of fused-ring (bicyclic) bond motifs is 1. The molecule has 2 N–H and O–H groups in total. The standard InChI is InChI=1S/C29H40N6O3/c1-4-21(36)10-6-5-7-13-24(32-28(37)20-35-16-14-34(2)15-17-35)29-30-19-26(33-29)25-18-27(38-3)22-11-8-9-12-23(22)31-25/h8-9,11-12,18-19,24H,4-7,10,13-17,20H2,1-3H3,(H,30,33)(H,32,37)/t24-/m0/s1. The highest BCUT2D eigenvalue weighted by Crippen LogP contribution is 2.30. The first-order chi connectivity index (χ1) is 18.5. The van der Waals surface area contributed by atoms with Crippen LogP contribution in [0.4, 0.5) is 0 Å². The van der Waals surface area contributed by atoms with Crippen molar-refractivity contribution < 1.29 is 14.3 Å². The maximum Gasteiger partial charge on any atom is 0.234 e. The predicted octanol–water partition coefficient (Wildman–Crippen LogP) is 3.97. The van der Waals surface area contributed by atoms with Gasteiger partial charge in [-0.1, -0.05) is 31.9 Å². The molecule has 9 heteroatoms. The van der Waals surface area contributed by atoms with Gasteiger partial charge in [-0.3, -0.25) is 14.5 Å². The lowest BCUT2D eigenvalue weighted by molar-refractivity contribution is -0.123. The van der Waals surface area contributed by atoms with E-state index in [9.17, 15) is 9.59 Å². The third-order valence-corrected chi connectivity index (χ3v) is 7.24. The molecular weight excluding hydrogens is 480 g/mol. The maximum absolute atomic E-state index is 13.0. The minimum absolute atomic E-state index is 0.00385. The summed E-state index contributed by atoms with van der Waals surface area (Å²) >= 11 is 0. The van der Waals surface area contributed by atoms with Gasteiger partial charge in [-0.2, -0.15) is 0 Å². The maximum atomic E-state index is 13.0. The van der Waals surface area contributed by atoms with Crippen LogP contribution in [0.3, 0.4) is 0 Å². The number of unbranched alkanes of at least 4 members (excludes halogenated alkanes) is 2. The number of carbonyl (C=O) groups excluding carboxylic acids is 2. The van der Waals surface area contributed by atoms with E-state index in [4.69, 9.17) is 9.72 Å². The summed E-state index contributed by atoms with van der Waals surface area (Å²) < 4.78 is 5.61. The number of aromatic amines is 1. The molecule has 9 nitrogen and oxygen atoms in total. The Hall–Kier alpha value is -3.30. The van der Waals surface area contributed by atoms with Gasteiger partial charge in [0.2, 0.25) is 5.91 Å². The molecule has 3 aromatic rings. The summed E-state index contributed by atoms with van der Waals surface area (Å²) in [6.07, 6.45) is 6.44. The number of piperazine rings is 1.